The summed E-state index contributed by atoms with van der Waals surface area (Å²) in [4.78, 5) is 22.6. The number of urea groups is 1. The second-order valence-electron chi connectivity index (χ2n) is 3.75. The van der Waals surface area contributed by atoms with E-state index in [-0.39, 0.29) is 18.3 Å². The third-order valence-corrected chi connectivity index (χ3v) is 2.24. The van der Waals surface area contributed by atoms with Crippen molar-refractivity contribution in [2.24, 2.45) is 5.73 Å². The number of rotatable bonds is 5. The SMILES string of the molecule is CCNC(=O)CNC(=O)Nc1ccc(C(=N)N)cc1. The van der Waals surface area contributed by atoms with Crippen molar-refractivity contribution in [2.45, 2.75) is 6.92 Å². The first-order chi connectivity index (χ1) is 9.02. The number of nitrogens with one attached hydrogen (secondary N) is 4. The van der Waals surface area contributed by atoms with Gasteiger partial charge in [0.15, 0.2) is 0 Å². The van der Waals surface area contributed by atoms with E-state index in [2.05, 4.69) is 16.0 Å². The number of carbonyl (C=O) groups excluding carboxylic acids is 2. The molecule has 0 aliphatic rings. The van der Waals surface area contributed by atoms with Crippen molar-refractivity contribution < 1.29 is 9.59 Å². The number of carbonyl (C=O) groups is 2. The lowest BCUT2D eigenvalue weighted by Crippen LogP contribution is -2.38. The maximum absolute atomic E-state index is 11.5. The van der Waals surface area contributed by atoms with Gasteiger partial charge in [0.2, 0.25) is 5.91 Å². The maximum Gasteiger partial charge on any atom is 0.319 e. The summed E-state index contributed by atoms with van der Waals surface area (Å²) in [6.07, 6.45) is 0. The Morgan fingerprint density at radius 1 is 1.21 bits per heavy atom. The van der Waals surface area contributed by atoms with Crippen molar-refractivity contribution in [1.29, 1.82) is 5.41 Å². The normalized spacial score (nSPS) is 9.53. The standard InChI is InChI=1S/C12H17N5O2/c1-2-15-10(18)7-16-12(19)17-9-5-3-8(4-6-9)11(13)14/h3-6H,2,7H2,1H3,(H3,13,14)(H,15,18)(H2,16,17,19). The molecule has 0 saturated carbocycles. The van der Waals surface area contributed by atoms with E-state index in [1.807, 2.05) is 0 Å². The summed E-state index contributed by atoms with van der Waals surface area (Å²) >= 11 is 0. The van der Waals surface area contributed by atoms with Gasteiger partial charge in [-0.05, 0) is 31.2 Å². The van der Waals surface area contributed by atoms with Gasteiger partial charge in [0, 0.05) is 17.8 Å². The highest BCUT2D eigenvalue weighted by Gasteiger charge is 2.04. The van der Waals surface area contributed by atoms with E-state index in [9.17, 15) is 9.59 Å². The predicted molar refractivity (Wildman–Crippen MR) is 73.2 cm³/mol. The van der Waals surface area contributed by atoms with Crippen LogP contribution in [0.4, 0.5) is 10.5 Å². The molecular formula is C12H17N5O2. The Hall–Kier alpha value is -2.57. The van der Waals surface area contributed by atoms with Crippen LogP contribution in [0.1, 0.15) is 12.5 Å². The topological polar surface area (TPSA) is 120 Å². The molecule has 0 radical (unpaired) electrons. The van der Waals surface area contributed by atoms with E-state index < -0.39 is 6.03 Å². The minimum absolute atomic E-state index is 0.0350. The van der Waals surface area contributed by atoms with E-state index in [4.69, 9.17) is 11.1 Å². The number of hydrogen-bond acceptors (Lipinski definition) is 3. The number of anilines is 1. The fraction of sp³-hybridized carbons (Fsp3) is 0.250. The third-order valence-electron chi connectivity index (χ3n) is 2.24. The number of benzene rings is 1. The molecule has 1 rings (SSSR count). The highest BCUT2D eigenvalue weighted by atomic mass is 16.2. The molecule has 1 aromatic rings. The van der Waals surface area contributed by atoms with Gasteiger partial charge in [-0.2, -0.15) is 0 Å². The molecule has 7 nitrogen and oxygen atoms in total. The van der Waals surface area contributed by atoms with Crippen LogP contribution in [0.15, 0.2) is 24.3 Å². The van der Waals surface area contributed by atoms with Gasteiger partial charge in [0.1, 0.15) is 5.84 Å². The van der Waals surface area contributed by atoms with E-state index >= 15 is 0 Å². The summed E-state index contributed by atoms with van der Waals surface area (Å²) < 4.78 is 0. The van der Waals surface area contributed by atoms with Crippen LogP contribution in [0, 0.1) is 5.41 Å². The van der Waals surface area contributed by atoms with Crippen molar-refractivity contribution in [1.82, 2.24) is 10.6 Å². The van der Waals surface area contributed by atoms with Crippen LogP contribution in [-0.4, -0.2) is 30.9 Å². The summed E-state index contributed by atoms with van der Waals surface area (Å²) in [6, 6.07) is 6.04. The second kappa shape index (κ2) is 7.00. The number of likely N-dealkylation sites (N-methyl/N-ethyl adjacent to an activating group) is 1. The van der Waals surface area contributed by atoms with E-state index in [1.54, 1.807) is 31.2 Å². The molecule has 0 fully saturated rings. The minimum Gasteiger partial charge on any atom is -0.384 e. The largest absolute Gasteiger partial charge is 0.384 e. The molecule has 19 heavy (non-hydrogen) atoms. The van der Waals surface area contributed by atoms with Crippen LogP contribution < -0.4 is 21.7 Å². The Bertz CT molecular complexity index is 470. The highest BCUT2D eigenvalue weighted by molar-refractivity contribution is 5.96. The van der Waals surface area contributed by atoms with Crippen molar-refractivity contribution in [3.63, 3.8) is 0 Å². The van der Waals surface area contributed by atoms with Crippen LogP contribution in [0.2, 0.25) is 0 Å². The van der Waals surface area contributed by atoms with Crippen molar-refractivity contribution in [3.05, 3.63) is 29.8 Å². The number of nitrogens with two attached hydrogens (primary N) is 1. The van der Waals surface area contributed by atoms with E-state index in [0.717, 1.165) is 0 Å². The van der Waals surface area contributed by atoms with Gasteiger partial charge < -0.3 is 21.7 Å². The molecule has 0 aromatic heterocycles. The molecule has 3 amide bonds. The average molecular weight is 263 g/mol. The zero-order valence-corrected chi connectivity index (χ0v) is 10.6. The Balaban J connectivity index is 2.44. The molecule has 0 spiro atoms. The summed E-state index contributed by atoms with van der Waals surface area (Å²) in [6.45, 7) is 2.24. The van der Waals surface area contributed by atoms with Crippen molar-refractivity contribution in [2.75, 3.05) is 18.4 Å². The second-order valence-corrected chi connectivity index (χ2v) is 3.75. The fourth-order valence-corrected chi connectivity index (χ4v) is 1.33. The molecule has 0 aliphatic heterocycles. The first-order valence-electron chi connectivity index (χ1n) is 5.79. The molecule has 0 heterocycles. The van der Waals surface area contributed by atoms with Crippen LogP contribution >= 0.6 is 0 Å². The van der Waals surface area contributed by atoms with Crippen LogP contribution in [0.3, 0.4) is 0 Å². The van der Waals surface area contributed by atoms with Gasteiger partial charge in [-0.15, -0.1) is 0 Å². The molecule has 0 unspecified atom stereocenters. The Morgan fingerprint density at radius 2 is 1.84 bits per heavy atom. The highest BCUT2D eigenvalue weighted by Crippen LogP contribution is 2.08. The third kappa shape index (κ3) is 5.07. The Labute approximate surface area is 111 Å². The quantitative estimate of drug-likeness (QED) is 0.386. The molecule has 0 saturated heterocycles. The first kappa shape index (κ1) is 14.5. The molecule has 102 valence electrons. The van der Waals surface area contributed by atoms with Gasteiger partial charge in [-0.1, -0.05) is 0 Å². The predicted octanol–water partition coefficient (Wildman–Crippen LogP) is 0.228. The molecule has 0 aliphatic carbocycles. The first-order valence-corrected chi connectivity index (χ1v) is 5.79. The summed E-state index contributed by atoms with van der Waals surface area (Å²) in [7, 11) is 0. The van der Waals surface area contributed by atoms with Gasteiger partial charge in [0.25, 0.3) is 0 Å². The minimum atomic E-state index is -0.471. The zero-order valence-electron chi connectivity index (χ0n) is 10.6. The van der Waals surface area contributed by atoms with Crippen LogP contribution in [-0.2, 0) is 4.79 Å². The van der Waals surface area contributed by atoms with Gasteiger partial charge in [-0.25, -0.2) is 4.79 Å². The molecule has 0 bridgehead atoms. The van der Waals surface area contributed by atoms with Gasteiger partial charge in [0.05, 0.1) is 6.54 Å². The lowest BCUT2D eigenvalue weighted by atomic mass is 10.2. The number of amides is 3. The smallest absolute Gasteiger partial charge is 0.319 e. The lowest BCUT2D eigenvalue weighted by Gasteiger charge is -2.08. The monoisotopic (exact) mass is 263 g/mol. The van der Waals surface area contributed by atoms with Gasteiger partial charge >= 0.3 is 6.03 Å². The average Bonchev–Trinajstić information content (AvgIpc) is 2.37. The number of nitrogen functional groups attached to an aromatic ring is 1. The molecule has 6 N–H and O–H groups in total. The Morgan fingerprint density at radius 3 is 2.37 bits per heavy atom. The Kier molecular flexibility index (Phi) is 5.34. The number of hydrogen-bond donors (Lipinski definition) is 5. The maximum atomic E-state index is 11.5. The van der Waals surface area contributed by atoms with E-state index in [0.29, 0.717) is 17.8 Å². The zero-order chi connectivity index (χ0) is 14.3. The molecule has 0 atom stereocenters. The summed E-state index contributed by atoms with van der Waals surface area (Å²) in [5.74, 6) is -0.281. The van der Waals surface area contributed by atoms with E-state index in [1.165, 1.54) is 0 Å². The van der Waals surface area contributed by atoms with Gasteiger partial charge in [-0.3, -0.25) is 10.2 Å². The lowest BCUT2D eigenvalue weighted by molar-refractivity contribution is -0.119. The number of amidine groups is 1. The fourth-order valence-electron chi connectivity index (χ4n) is 1.33. The molecular weight excluding hydrogens is 246 g/mol. The van der Waals surface area contributed by atoms with Crippen LogP contribution in [0.5, 0.6) is 0 Å². The molecule has 7 heteroatoms. The summed E-state index contributed by atoms with van der Waals surface area (Å²) in [5.41, 5.74) is 6.44. The van der Waals surface area contributed by atoms with Crippen LogP contribution in [0.25, 0.3) is 0 Å². The van der Waals surface area contributed by atoms with Crippen molar-refractivity contribution in [3.8, 4) is 0 Å². The van der Waals surface area contributed by atoms with Crippen molar-refractivity contribution >= 4 is 23.5 Å². The molecule has 1 aromatic carbocycles. The summed E-state index contributed by atoms with van der Waals surface area (Å²) in [5, 5.41) is 14.8.